The zero-order valence-electron chi connectivity index (χ0n) is 15.5. The van der Waals surface area contributed by atoms with Crippen LogP contribution >= 0.6 is 0 Å². The molecule has 0 spiro atoms. The van der Waals surface area contributed by atoms with Crippen molar-refractivity contribution >= 4 is 0 Å². The lowest BCUT2D eigenvalue weighted by molar-refractivity contribution is -0.137. The molecule has 0 radical (unpaired) electrons. The van der Waals surface area contributed by atoms with E-state index in [1.807, 2.05) is 13.8 Å². The van der Waals surface area contributed by atoms with Gasteiger partial charge in [-0.05, 0) is 57.5 Å². The zero-order valence-corrected chi connectivity index (χ0v) is 15.5. The topological polar surface area (TPSA) is 68.2 Å². The Bertz CT molecular complexity index is 962. The number of aryl methyl sites for hydroxylation is 2. The van der Waals surface area contributed by atoms with Crippen molar-refractivity contribution in [2.75, 3.05) is 6.54 Å². The van der Waals surface area contributed by atoms with E-state index in [4.69, 9.17) is 9.05 Å². The number of aromatic nitrogens is 3. The Labute approximate surface area is 159 Å². The summed E-state index contributed by atoms with van der Waals surface area (Å²) in [5.74, 6) is 0.965. The van der Waals surface area contributed by atoms with Gasteiger partial charge in [-0.15, -0.1) is 0 Å². The van der Waals surface area contributed by atoms with Crippen LogP contribution in [0.2, 0.25) is 0 Å². The van der Waals surface area contributed by atoms with E-state index >= 15 is 0 Å². The molecule has 0 bridgehead atoms. The molecule has 1 unspecified atom stereocenters. The highest BCUT2D eigenvalue weighted by Gasteiger charge is 2.32. The van der Waals surface area contributed by atoms with Gasteiger partial charge in [0.25, 0.3) is 0 Å². The van der Waals surface area contributed by atoms with Gasteiger partial charge in [-0.3, -0.25) is 4.90 Å². The fourth-order valence-electron chi connectivity index (χ4n) is 3.56. The van der Waals surface area contributed by atoms with Gasteiger partial charge in [0.15, 0.2) is 0 Å². The Balaban J connectivity index is 1.54. The number of benzene rings is 1. The molecule has 3 heterocycles. The molecule has 1 aromatic carbocycles. The van der Waals surface area contributed by atoms with E-state index in [-0.39, 0.29) is 6.04 Å². The van der Waals surface area contributed by atoms with E-state index in [1.165, 1.54) is 12.1 Å². The third-order valence-corrected chi connectivity index (χ3v) is 5.07. The molecule has 1 atom stereocenters. The van der Waals surface area contributed by atoms with E-state index in [2.05, 4.69) is 20.2 Å². The van der Waals surface area contributed by atoms with Gasteiger partial charge in [-0.25, -0.2) is 9.61 Å². The van der Waals surface area contributed by atoms with Gasteiger partial charge in [0.2, 0.25) is 5.89 Å². The minimum absolute atomic E-state index is 0.108. The van der Waals surface area contributed by atoms with Crippen LogP contribution in [0.25, 0.3) is 11.5 Å². The van der Waals surface area contributed by atoms with Crippen molar-refractivity contribution in [2.24, 2.45) is 0 Å². The van der Waals surface area contributed by atoms with Crippen LogP contribution in [0.4, 0.5) is 13.2 Å². The van der Waals surface area contributed by atoms with Gasteiger partial charge < -0.3 is 4.42 Å². The summed E-state index contributed by atoms with van der Waals surface area (Å²) < 4.78 is 48.8. The second-order valence-corrected chi connectivity index (χ2v) is 6.96. The molecular formula is C19H19F3N4O2. The average Bonchev–Trinajstić information content (AvgIpc) is 3.36. The van der Waals surface area contributed by atoms with Crippen LogP contribution in [0, 0.1) is 13.8 Å². The van der Waals surface area contributed by atoms with Crippen LogP contribution in [0.15, 0.2) is 33.3 Å². The van der Waals surface area contributed by atoms with E-state index in [0.29, 0.717) is 23.8 Å². The maximum atomic E-state index is 12.7. The predicted octanol–water partition coefficient (Wildman–Crippen LogP) is 4.70. The molecule has 1 saturated heterocycles. The van der Waals surface area contributed by atoms with E-state index < -0.39 is 11.7 Å². The van der Waals surface area contributed by atoms with E-state index in [0.717, 1.165) is 48.6 Å². The minimum atomic E-state index is -4.37. The third-order valence-electron chi connectivity index (χ3n) is 5.07. The normalized spacial score (nSPS) is 18.1. The Morgan fingerprint density at radius 1 is 1.14 bits per heavy atom. The highest BCUT2D eigenvalue weighted by atomic mass is 19.4. The zero-order chi connectivity index (χ0) is 19.9. The number of likely N-dealkylation sites (tertiary alicyclic amines) is 1. The molecule has 4 rings (SSSR count). The van der Waals surface area contributed by atoms with Crippen molar-refractivity contribution in [1.29, 1.82) is 0 Å². The Morgan fingerprint density at radius 2 is 1.89 bits per heavy atom. The molecule has 3 aromatic rings. The summed E-state index contributed by atoms with van der Waals surface area (Å²) in [6.45, 7) is 5.13. The number of rotatable bonds is 4. The van der Waals surface area contributed by atoms with Gasteiger partial charge in [-0.2, -0.15) is 13.2 Å². The van der Waals surface area contributed by atoms with Crippen LogP contribution < -0.4 is 0 Å². The fraction of sp³-hybridized carbons (Fsp3) is 0.421. The van der Waals surface area contributed by atoms with Crippen molar-refractivity contribution in [2.45, 2.75) is 45.5 Å². The van der Waals surface area contributed by atoms with Gasteiger partial charge in [0.05, 0.1) is 17.3 Å². The average molecular weight is 392 g/mol. The van der Waals surface area contributed by atoms with Crippen molar-refractivity contribution < 1.29 is 22.2 Å². The molecule has 1 fully saturated rings. The largest absolute Gasteiger partial charge is 0.441 e. The van der Waals surface area contributed by atoms with Gasteiger partial charge in [0.1, 0.15) is 17.1 Å². The smallest absolute Gasteiger partial charge is 0.416 e. The number of oxazole rings is 1. The summed E-state index contributed by atoms with van der Waals surface area (Å²) >= 11 is 0. The number of hydrogen-bond donors (Lipinski definition) is 0. The van der Waals surface area contributed by atoms with E-state index in [1.54, 1.807) is 0 Å². The van der Waals surface area contributed by atoms with Crippen LogP contribution in [0.1, 0.15) is 47.3 Å². The second kappa shape index (κ2) is 7.05. The standard InChI is InChI=1S/C19H19F3N4O2/c1-11-17(25-28-24-11)16-4-3-9-26(16)10-15-12(2)27-18(23-15)13-5-7-14(8-6-13)19(20,21)22/h5-8,16H,3-4,9-10H2,1-2H3. The van der Waals surface area contributed by atoms with Crippen molar-refractivity contribution in [3.05, 3.63) is 52.7 Å². The summed E-state index contributed by atoms with van der Waals surface area (Å²) in [4.78, 5) is 6.77. The third kappa shape index (κ3) is 3.54. The molecule has 1 aliphatic heterocycles. The van der Waals surface area contributed by atoms with Crippen LogP contribution in [0.5, 0.6) is 0 Å². The first-order valence-corrected chi connectivity index (χ1v) is 9.00. The predicted molar refractivity (Wildman–Crippen MR) is 93.1 cm³/mol. The van der Waals surface area contributed by atoms with Gasteiger partial charge in [-0.1, -0.05) is 10.3 Å². The Hall–Kier alpha value is -2.68. The molecular weight excluding hydrogens is 373 g/mol. The first-order chi connectivity index (χ1) is 13.3. The summed E-state index contributed by atoms with van der Waals surface area (Å²) in [7, 11) is 0. The van der Waals surface area contributed by atoms with E-state index in [9.17, 15) is 13.2 Å². The molecule has 1 aliphatic rings. The van der Waals surface area contributed by atoms with Crippen LogP contribution in [0.3, 0.4) is 0 Å². The maximum absolute atomic E-state index is 12.7. The summed E-state index contributed by atoms with van der Waals surface area (Å²) in [6.07, 6.45) is -2.38. The first kappa shape index (κ1) is 18.7. The van der Waals surface area contributed by atoms with Crippen molar-refractivity contribution in [3.63, 3.8) is 0 Å². The lowest BCUT2D eigenvalue weighted by Gasteiger charge is -2.21. The molecule has 2 aromatic heterocycles. The van der Waals surface area contributed by atoms with Crippen molar-refractivity contribution in [1.82, 2.24) is 20.2 Å². The first-order valence-electron chi connectivity index (χ1n) is 9.00. The maximum Gasteiger partial charge on any atom is 0.416 e. The molecule has 28 heavy (non-hydrogen) atoms. The van der Waals surface area contributed by atoms with Crippen molar-refractivity contribution in [3.8, 4) is 11.5 Å². The number of hydrogen-bond acceptors (Lipinski definition) is 6. The monoisotopic (exact) mass is 392 g/mol. The molecule has 9 heteroatoms. The highest BCUT2D eigenvalue weighted by molar-refractivity contribution is 5.54. The second-order valence-electron chi connectivity index (χ2n) is 6.96. The lowest BCUT2D eigenvalue weighted by atomic mass is 10.1. The number of alkyl halides is 3. The summed E-state index contributed by atoms with van der Waals surface area (Å²) in [5, 5.41) is 7.89. The molecule has 0 aliphatic carbocycles. The minimum Gasteiger partial charge on any atom is -0.441 e. The highest BCUT2D eigenvalue weighted by Crippen LogP contribution is 2.35. The van der Waals surface area contributed by atoms with Gasteiger partial charge in [0, 0.05) is 12.1 Å². The molecule has 0 N–H and O–H groups in total. The molecule has 0 saturated carbocycles. The Kier molecular flexibility index (Phi) is 4.70. The SMILES string of the molecule is Cc1nonc1C1CCCN1Cc1nc(-c2ccc(C(F)(F)F)cc2)oc1C. The molecule has 0 amide bonds. The fourth-order valence-corrected chi connectivity index (χ4v) is 3.56. The number of halogens is 3. The Morgan fingerprint density at radius 3 is 2.54 bits per heavy atom. The summed E-state index contributed by atoms with van der Waals surface area (Å²) in [6, 6.07) is 4.93. The molecule has 6 nitrogen and oxygen atoms in total. The molecule has 148 valence electrons. The quantitative estimate of drug-likeness (QED) is 0.641. The van der Waals surface area contributed by atoms with Crippen LogP contribution in [-0.4, -0.2) is 26.7 Å². The van der Waals surface area contributed by atoms with Gasteiger partial charge >= 0.3 is 6.18 Å². The summed E-state index contributed by atoms with van der Waals surface area (Å²) in [5.41, 5.74) is 2.19. The lowest BCUT2D eigenvalue weighted by Crippen LogP contribution is -2.24. The van der Waals surface area contributed by atoms with Crippen LogP contribution in [-0.2, 0) is 12.7 Å². The number of nitrogens with zero attached hydrogens (tertiary/aromatic N) is 4.